The van der Waals surface area contributed by atoms with Crippen molar-refractivity contribution in [2.45, 2.75) is 0 Å². The summed E-state index contributed by atoms with van der Waals surface area (Å²) in [4.78, 5) is 13.8. The first kappa shape index (κ1) is 12.3. The van der Waals surface area contributed by atoms with Gasteiger partial charge in [-0.15, -0.1) is 11.3 Å². The molecule has 14 heavy (non-hydrogen) atoms. The van der Waals surface area contributed by atoms with Crippen molar-refractivity contribution < 1.29 is 4.79 Å². The number of hydrogen-bond donors (Lipinski definition) is 0. The van der Waals surface area contributed by atoms with Crippen LogP contribution in [0.4, 0.5) is 0 Å². The smallest absolute Gasteiger partial charge is 0.188 e. The molecule has 2 nitrogen and oxygen atoms in total. The molecule has 6 heteroatoms. The normalized spacial score (nSPS) is 11.0. The molecule has 0 aliphatic carbocycles. The highest BCUT2D eigenvalue weighted by Crippen LogP contribution is 2.40. The van der Waals surface area contributed by atoms with Crippen LogP contribution in [0.25, 0.3) is 0 Å². The highest BCUT2D eigenvalue weighted by molar-refractivity contribution is 7.19. The van der Waals surface area contributed by atoms with Crippen molar-refractivity contribution in [1.29, 1.82) is 0 Å². The van der Waals surface area contributed by atoms with E-state index in [0.717, 1.165) is 11.3 Å². The lowest BCUT2D eigenvalue weighted by molar-refractivity contribution is 0.0962. The van der Waals surface area contributed by atoms with Crippen molar-refractivity contribution >= 4 is 51.9 Å². The molecular formula is C8H8Cl3NOS. The SMILES string of the molecule is CN(C)CC(=O)c1sc(Cl)c(Cl)c1Cl. The Balaban J connectivity index is 2.96. The molecule has 0 fully saturated rings. The minimum atomic E-state index is -0.0706. The number of halogens is 3. The molecule has 1 aromatic rings. The van der Waals surface area contributed by atoms with Gasteiger partial charge in [-0.1, -0.05) is 34.8 Å². The van der Waals surface area contributed by atoms with Crippen LogP contribution >= 0.6 is 46.1 Å². The van der Waals surface area contributed by atoms with Crippen LogP contribution in [-0.4, -0.2) is 31.3 Å². The topological polar surface area (TPSA) is 20.3 Å². The van der Waals surface area contributed by atoms with E-state index in [1.54, 1.807) is 4.90 Å². The van der Waals surface area contributed by atoms with Crippen LogP contribution < -0.4 is 0 Å². The van der Waals surface area contributed by atoms with Gasteiger partial charge in [0.15, 0.2) is 5.78 Å². The van der Waals surface area contributed by atoms with Crippen molar-refractivity contribution in [3.63, 3.8) is 0 Å². The molecule has 0 amide bonds. The third kappa shape index (κ3) is 2.61. The van der Waals surface area contributed by atoms with Gasteiger partial charge in [0.25, 0.3) is 0 Å². The molecule has 0 N–H and O–H groups in total. The van der Waals surface area contributed by atoms with E-state index < -0.39 is 0 Å². The summed E-state index contributed by atoms with van der Waals surface area (Å²) in [7, 11) is 3.62. The zero-order chi connectivity index (χ0) is 10.9. The van der Waals surface area contributed by atoms with Crippen LogP contribution in [0, 0.1) is 0 Å². The van der Waals surface area contributed by atoms with Gasteiger partial charge in [-0.25, -0.2) is 0 Å². The fourth-order valence-electron chi connectivity index (χ4n) is 0.904. The van der Waals surface area contributed by atoms with Gasteiger partial charge in [0.1, 0.15) is 4.34 Å². The van der Waals surface area contributed by atoms with Gasteiger partial charge in [0.2, 0.25) is 0 Å². The van der Waals surface area contributed by atoms with Crippen molar-refractivity contribution in [2.24, 2.45) is 0 Å². The number of nitrogens with zero attached hydrogens (tertiary/aromatic N) is 1. The third-order valence-corrected chi connectivity index (χ3v) is 4.08. The van der Waals surface area contributed by atoms with E-state index in [4.69, 9.17) is 34.8 Å². The summed E-state index contributed by atoms with van der Waals surface area (Å²) >= 11 is 18.5. The van der Waals surface area contributed by atoms with Crippen LogP contribution in [0.5, 0.6) is 0 Å². The van der Waals surface area contributed by atoms with Crippen LogP contribution in [0.1, 0.15) is 9.67 Å². The standard InChI is InChI=1S/C8H8Cl3NOS/c1-12(2)3-4(13)7-5(9)6(10)8(11)14-7/h3H2,1-2H3. The first-order chi connectivity index (χ1) is 6.43. The van der Waals surface area contributed by atoms with E-state index in [1.165, 1.54) is 0 Å². The Kier molecular flexibility index (Phi) is 4.22. The average molecular weight is 273 g/mol. The average Bonchev–Trinajstić information content (AvgIpc) is 2.32. The molecule has 1 aromatic heterocycles. The van der Waals surface area contributed by atoms with Crippen molar-refractivity contribution in [2.75, 3.05) is 20.6 Å². The molecular weight excluding hydrogens is 265 g/mol. The van der Waals surface area contributed by atoms with Gasteiger partial charge in [-0.2, -0.15) is 0 Å². The molecule has 1 heterocycles. The van der Waals surface area contributed by atoms with Gasteiger partial charge >= 0.3 is 0 Å². The summed E-state index contributed by atoms with van der Waals surface area (Å²) in [6.45, 7) is 0.299. The summed E-state index contributed by atoms with van der Waals surface area (Å²) in [6, 6.07) is 0. The largest absolute Gasteiger partial charge is 0.302 e. The Morgan fingerprint density at radius 1 is 1.29 bits per heavy atom. The summed E-state index contributed by atoms with van der Waals surface area (Å²) < 4.78 is 0.360. The maximum Gasteiger partial charge on any atom is 0.188 e. The molecule has 0 aromatic carbocycles. The third-order valence-electron chi connectivity index (χ3n) is 1.47. The molecule has 0 aliphatic heterocycles. The highest BCUT2D eigenvalue weighted by Gasteiger charge is 2.19. The minimum absolute atomic E-state index is 0.0706. The molecule has 0 saturated carbocycles. The Morgan fingerprint density at radius 3 is 2.21 bits per heavy atom. The summed E-state index contributed by atoms with van der Waals surface area (Å²) in [5.41, 5.74) is 0. The van der Waals surface area contributed by atoms with Crippen molar-refractivity contribution in [3.8, 4) is 0 Å². The monoisotopic (exact) mass is 271 g/mol. The van der Waals surface area contributed by atoms with E-state index in [1.807, 2.05) is 14.1 Å². The molecule has 78 valence electrons. The van der Waals surface area contributed by atoms with E-state index in [-0.39, 0.29) is 15.8 Å². The second-order valence-electron chi connectivity index (χ2n) is 2.99. The minimum Gasteiger partial charge on any atom is -0.302 e. The lowest BCUT2D eigenvalue weighted by atomic mass is 10.3. The zero-order valence-corrected chi connectivity index (χ0v) is 10.7. The number of thiophene rings is 1. The molecule has 0 radical (unpaired) electrons. The summed E-state index contributed by atoms with van der Waals surface area (Å²) in [5.74, 6) is -0.0706. The lowest BCUT2D eigenvalue weighted by Gasteiger charge is -2.06. The van der Waals surface area contributed by atoms with Crippen LogP contribution in [-0.2, 0) is 0 Å². The molecule has 0 spiro atoms. The van der Waals surface area contributed by atoms with Crippen LogP contribution in [0.3, 0.4) is 0 Å². The summed E-state index contributed by atoms with van der Waals surface area (Å²) in [6.07, 6.45) is 0. The summed E-state index contributed by atoms with van der Waals surface area (Å²) in [5, 5.41) is 0.522. The van der Waals surface area contributed by atoms with Crippen molar-refractivity contribution in [1.82, 2.24) is 4.90 Å². The van der Waals surface area contributed by atoms with Gasteiger partial charge in [-0.3, -0.25) is 4.79 Å². The number of carbonyl (C=O) groups excluding carboxylic acids is 1. The molecule has 0 saturated heterocycles. The van der Waals surface area contributed by atoms with E-state index in [2.05, 4.69) is 0 Å². The maximum atomic E-state index is 11.6. The van der Waals surface area contributed by atoms with Crippen LogP contribution in [0.15, 0.2) is 0 Å². The molecule has 0 aliphatic rings. The number of carbonyl (C=O) groups is 1. The Bertz CT molecular complexity index is 362. The second-order valence-corrected chi connectivity index (χ2v) is 5.37. The Morgan fingerprint density at radius 2 is 1.86 bits per heavy atom. The molecule has 0 atom stereocenters. The maximum absolute atomic E-state index is 11.6. The van der Waals surface area contributed by atoms with Gasteiger partial charge in [0, 0.05) is 0 Å². The zero-order valence-electron chi connectivity index (χ0n) is 7.60. The number of ketones is 1. The second kappa shape index (κ2) is 4.81. The molecule has 1 rings (SSSR count). The number of Topliss-reactive ketones (excluding diaryl/α,β-unsaturated/α-hetero) is 1. The van der Waals surface area contributed by atoms with E-state index in [0.29, 0.717) is 15.8 Å². The number of hydrogen-bond acceptors (Lipinski definition) is 3. The van der Waals surface area contributed by atoms with Gasteiger partial charge < -0.3 is 4.90 Å². The van der Waals surface area contributed by atoms with Gasteiger partial charge in [-0.05, 0) is 14.1 Å². The Hall–Kier alpha value is 0.200. The molecule has 0 bridgehead atoms. The fourth-order valence-corrected chi connectivity index (χ4v) is 2.66. The molecule has 0 unspecified atom stereocenters. The number of likely N-dealkylation sites (N-methyl/N-ethyl adjacent to an activating group) is 1. The first-order valence-corrected chi connectivity index (χ1v) is 5.69. The van der Waals surface area contributed by atoms with E-state index in [9.17, 15) is 4.79 Å². The lowest BCUT2D eigenvalue weighted by Crippen LogP contribution is -2.21. The first-order valence-electron chi connectivity index (χ1n) is 3.74. The fraction of sp³-hybridized carbons (Fsp3) is 0.375. The quantitative estimate of drug-likeness (QED) is 0.786. The predicted octanol–water partition coefficient (Wildman–Crippen LogP) is 3.45. The predicted molar refractivity (Wildman–Crippen MR) is 62.2 cm³/mol. The number of rotatable bonds is 3. The van der Waals surface area contributed by atoms with Gasteiger partial charge in [0.05, 0.1) is 21.5 Å². The van der Waals surface area contributed by atoms with E-state index >= 15 is 0 Å². The van der Waals surface area contributed by atoms with Crippen molar-refractivity contribution in [3.05, 3.63) is 19.3 Å². The highest BCUT2D eigenvalue weighted by atomic mass is 35.5. The van der Waals surface area contributed by atoms with Crippen LogP contribution in [0.2, 0.25) is 14.4 Å². The Labute approximate surface area is 101 Å².